The van der Waals surface area contributed by atoms with Crippen LogP contribution in [0.4, 0.5) is 5.82 Å². The normalized spacial score (nSPS) is 16.6. The molecule has 1 aliphatic carbocycles. The van der Waals surface area contributed by atoms with E-state index in [0.29, 0.717) is 30.8 Å². The van der Waals surface area contributed by atoms with E-state index in [1.165, 1.54) is 36.9 Å². The molecule has 0 atom stereocenters. The molecule has 2 N–H and O–H groups in total. The highest BCUT2D eigenvalue weighted by Crippen LogP contribution is 2.34. The second-order valence-corrected chi connectivity index (χ2v) is 6.98. The van der Waals surface area contributed by atoms with Gasteiger partial charge in [-0.25, -0.2) is 9.97 Å². The van der Waals surface area contributed by atoms with Crippen molar-refractivity contribution in [1.29, 1.82) is 0 Å². The molecule has 0 amide bonds. The Balaban J connectivity index is 0.00000140. The molecule has 156 valence electrons. The van der Waals surface area contributed by atoms with Crippen LogP contribution in [0.5, 0.6) is 0 Å². The first-order valence-corrected chi connectivity index (χ1v) is 9.48. The van der Waals surface area contributed by atoms with Gasteiger partial charge in [0.05, 0.1) is 12.2 Å². The first-order valence-electron chi connectivity index (χ1n) is 9.48. The molecule has 10 heteroatoms. The first kappa shape index (κ1) is 22.8. The molecule has 1 fully saturated rings. The summed E-state index contributed by atoms with van der Waals surface area (Å²) < 4.78 is 10.3. The Hall–Kier alpha value is -1.48. The van der Waals surface area contributed by atoms with E-state index in [-0.39, 0.29) is 24.8 Å². The average Bonchev–Trinajstić information content (AvgIpc) is 3.28. The standard InChI is InChI=1S/C18H26N6O2.2ClH/c1-25-11-15-22-16(26-24-15)10-20-18-13-6-8-19-9-7-14(13)21-17(23-18)12-4-2-3-5-12;;/h12,19H,2-11H2,1H3,(H,20,21,23);2*1H. The minimum Gasteiger partial charge on any atom is -0.377 e. The molecule has 0 unspecified atom stereocenters. The summed E-state index contributed by atoms with van der Waals surface area (Å²) in [6.07, 6.45) is 6.83. The Labute approximate surface area is 177 Å². The molecular formula is C18H28Cl2N6O2. The van der Waals surface area contributed by atoms with Gasteiger partial charge in [0.1, 0.15) is 18.2 Å². The third-order valence-electron chi connectivity index (χ3n) is 5.11. The monoisotopic (exact) mass is 430 g/mol. The lowest BCUT2D eigenvalue weighted by Crippen LogP contribution is -2.16. The molecular weight excluding hydrogens is 403 g/mol. The van der Waals surface area contributed by atoms with Crippen molar-refractivity contribution in [2.75, 3.05) is 25.5 Å². The summed E-state index contributed by atoms with van der Waals surface area (Å²) in [5, 5.41) is 10.8. The van der Waals surface area contributed by atoms with Crippen LogP contribution >= 0.6 is 24.8 Å². The number of nitrogens with one attached hydrogen (secondary N) is 2. The van der Waals surface area contributed by atoms with Crippen molar-refractivity contribution in [1.82, 2.24) is 25.4 Å². The molecule has 8 nitrogen and oxygen atoms in total. The van der Waals surface area contributed by atoms with Crippen molar-refractivity contribution in [3.8, 4) is 0 Å². The van der Waals surface area contributed by atoms with Crippen molar-refractivity contribution in [3.63, 3.8) is 0 Å². The maximum atomic E-state index is 5.28. The molecule has 1 saturated carbocycles. The van der Waals surface area contributed by atoms with Gasteiger partial charge in [-0.3, -0.25) is 0 Å². The van der Waals surface area contributed by atoms with Gasteiger partial charge in [0, 0.05) is 31.6 Å². The average molecular weight is 431 g/mol. The summed E-state index contributed by atoms with van der Waals surface area (Å²) in [5.41, 5.74) is 2.40. The molecule has 2 aromatic heterocycles. The second-order valence-electron chi connectivity index (χ2n) is 6.98. The highest BCUT2D eigenvalue weighted by atomic mass is 35.5. The van der Waals surface area contributed by atoms with Crippen LogP contribution in [0.25, 0.3) is 0 Å². The lowest BCUT2D eigenvalue weighted by molar-refractivity contribution is 0.174. The van der Waals surface area contributed by atoms with Crippen LogP contribution in [0, 0.1) is 0 Å². The van der Waals surface area contributed by atoms with Crippen molar-refractivity contribution in [2.45, 2.75) is 57.6 Å². The van der Waals surface area contributed by atoms with Crippen LogP contribution in [0.2, 0.25) is 0 Å². The lowest BCUT2D eigenvalue weighted by Gasteiger charge is -2.16. The molecule has 2 aromatic rings. The fraction of sp³-hybridized carbons (Fsp3) is 0.667. The summed E-state index contributed by atoms with van der Waals surface area (Å²) in [6, 6.07) is 0. The van der Waals surface area contributed by atoms with Gasteiger partial charge < -0.3 is 19.9 Å². The Morgan fingerprint density at radius 3 is 2.68 bits per heavy atom. The molecule has 28 heavy (non-hydrogen) atoms. The van der Waals surface area contributed by atoms with Gasteiger partial charge in [-0.1, -0.05) is 18.0 Å². The van der Waals surface area contributed by atoms with Crippen molar-refractivity contribution >= 4 is 30.6 Å². The number of hydrogen-bond donors (Lipinski definition) is 2. The number of rotatable bonds is 6. The Morgan fingerprint density at radius 2 is 1.89 bits per heavy atom. The van der Waals surface area contributed by atoms with Gasteiger partial charge in [0.25, 0.3) is 0 Å². The number of ether oxygens (including phenoxy) is 1. The molecule has 0 saturated heterocycles. The van der Waals surface area contributed by atoms with Gasteiger partial charge in [-0.05, 0) is 25.8 Å². The number of nitrogens with zero attached hydrogens (tertiary/aromatic N) is 4. The van der Waals surface area contributed by atoms with Crippen molar-refractivity contribution < 1.29 is 9.26 Å². The third-order valence-corrected chi connectivity index (χ3v) is 5.11. The fourth-order valence-corrected chi connectivity index (χ4v) is 3.79. The largest absolute Gasteiger partial charge is 0.377 e. The molecule has 2 aliphatic rings. The van der Waals surface area contributed by atoms with E-state index in [4.69, 9.17) is 19.2 Å². The van der Waals surface area contributed by atoms with Crippen LogP contribution in [-0.4, -0.2) is 40.3 Å². The zero-order chi connectivity index (χ0) is 17.8. The summed E-state index contributed by atoms with van der Waals surface area (Å²) in [7, 11) is 1.61. The smallest absolute Gasteiger partial charge is 0.246 e. The zero-order valence-electron chi connectivity index (χ0n) is 16.1. The van der Waals surface area contributed by atoms with Crippen LogP contribution in [0.15, 0.2) is 4.52 Å². The SMILES string of the molecule is COCc1noc(CNc2nc(C3CCCC3)nc3c2CCNCC3)n1.Cl.Cl. The predicted octanol–water partition coefficient (Wildman–Crippen LogP) is 2.81. The van der Waals surface area contributed by atoms with Crippen LogP contribution < -0.4 is 10.6 Å². The Bertz CT molecular complexity index is 752. The highest BCUT2D eigenvalue weighted by Gasteiger charge is 2.24. The topological polar surface area (TPSA) is 98.0 Å². The van der Waals surface area contributed by atoms with Crippen LogP contribution in [0.1, 0.15) is 60.4 Å². The summed E-state index contributed by atoms with van der Waals surface area (Å²) in [4.78, 5) is 14.2. The minimum atomic E-state index is 0. The van der Waals surface area contributed by atoms with Crippen LogP contribution in [-0.2, 0) is 30.7 Å². The van der Waals surface area contributed by atoms with Crippen LogP contribution in [0.3, 0.4) is 0 Å². The van der Waals surface area contributed by atoms with E-state index in [1.807, 2.05) is 0 Å². The Kier molecular flexibility index (Phi) is 8.88. The summed E-state index contributed by atoms with van der Waals surface area (Å²) >= 11 is 0. The molecule has 4 rings (SSSR count). The number of methoxy groups -OCH3 is 1. The van der Waals surface area contributed by atoms with Gasteiger partial charge in [0.2, 0.25) is 5.89 Å². The zero-order valence-corrected chi connectivity index (χ0v) is 17.7. The van der Waals surface area contributed by atoms with E-state index in [2.05, 4.69) is 20.8 Å². The molecule has 1 aliphatic heterocycles. The minimum absolute atomic E-state index is 0. The number of anilines is 1. The van der Waals surface area contributed by atoms with Crippen molar-refractivity contribution in [3.05, 3.63) is 28.8 Å². The van der Waals surface area contributed by atoms with Gasteiger partial charge >= 0.3 is 0 Å². The fourth-order valence-electron chi connectivity index (χ4n) is 3.79. The third kappa shape index (κ3) is 5.31. The predicted molar refractivity (Wildman–Crippen MR) is 110 cm³/mol. The van der Waals surface area contributed by atoms with E-state index in [0.717, 1.165) is 37.6 Å². The number of fused-ring (bicyclic) bond motifs is 1. The van der Waals surface area contributed by atoms with Gasteiger partial charge in [-0.15, -0.1) is 24.8 Å². The van der Waals surface area contributed by atoms with Gasteiger partial charge in [-0.2, -0.15) is 4.98 Å². The van der Waals surface area contributed by atoms with E-state index in [1.54, 1.807) is 7.11 Å². The molecule has 0 radical (unpaired) electrons. The van der Waals surface area contributed by atoms with Gasteiger partial charge in [0.15, 0.2) is 5.82 Å². The highest BCUT2D eigenvalue weighted by molar-refractivity contribution is 5.85. The molecule has 3 heterocycles. The Morgan fingerprint density at radius 1 is 1.11 bits per heavy atom. The van der Waals surface area contributed by atoms with E-state index >= 15 is 0 Å². The number of aromatic nitrogens is 4. The molecule has 0 aromatic carbocycles. The lowest BCUT2D eigenvalue weighted by atomic mass is 10.0. The number of hydrogen-bond acceptors (Lipinski definition) is 8. The maximum absolute atomic E-state index is 5.28. The van der Waals surface area contributed by atoms with E-state index < -0.39 is 0 Å². The molecule has 0 spiro atoms. The quantitative estimate of drug-likeness (QED) is 0.721. The second kappa shape index (κ2) is 10.9. The van der Waals surface area contributed by atoms with Crippen molar-refractivity contribution in [2.24, 2.45) is 0 Å². The summed E-state index contributed by atoms with van der Waals surface area (Å²) in [5.74, 6) is 3.51. The molecule has 0 bridgehead atoms. The maximum Gasteiger partial charge on any atom is 0.246 e. The van der Waals surface area contributed by atoms with E-state index in [9.17, 15) is 0 Å². The number of halogens is 2. The summed E-state index contributed by atoms with van der Waals surface area (Å²) in [6.45, 7) is 2.73. The first-order chi connectivity index (χ1) is 12.8.